The molecule has 0 aliphatic heterocycles. The van der Waals surface area contributed by atoms with E-state index in [-0.39, 0.29) is 5.82 Å². The first-order valence-electron chi connectivity index (χ1n) is 9.42. The van der Waals surface area contributed by atoms with Crippen molar-refractivity contribution in [3.63, 3.8) is 0 Å². The van der Waals surface area contributed by atoms with Gasteiger partial charge in [-0.25, -0.2) is 9.37 Å². The molecule has 2 aromatic carbocycles. The SMILES string of the molecule is CC(C)Cn1c(SCc2coc(-c3ccccc3)n2)nnc1-c1ccccc1F. The molecule has 29 heavy (non-hydrogen) atoms. The lowest BCUT2D eigenvalue weighted by Crippen LogP contribution is -2.08. The second-order valence-corrected chi connectivity index (χ2v) is 8.03. The third-order valence-electron chi connectivity index (χ3n) is 4.30. The van der Waals surface area contributed by atoms with Crippen LogP contribution in [-0.2, 0) is 12.3 Å². The molecule has 4 rings (SSSR count). The van der Waals surface area contributed by atoms with Crippen LogP contribution in [0.4, 0.5) is 4.39 Å². The molecule has 2 aromatic heterocycles. The second kappa shape index (κ2) is 8.61. The number of thioether (sulfide) groups is 1. The zero-order valence-electron chi connectivity index (χ0n) is 16.2. The zero-order valence-corrected chi connectivity index (χ0v) is 17.1. The molecule has 148 valence electrons. The van der Waals surface area contributed by atoms with Gasteiger partial charge in [0, 0.05) is 17.9 Å². The lowest BCUT2D eigenvalue weighted by molar-refractivity contribution is 0.496. The van der Waals surface area contributed by atoms with Crippen molar-refractivity contribution in [2.75, 3.05) is 0 Å². The molecule has 2 heterocycles. The summed E-state index contributed by atoms with van der Waals surface area (Å²) in [6.07, 6.45) is 1.66. The molecular weight excluding hydrogens is 387 g/mol. The fraction of sp³-hybridized carbons (Fsp3) is 0.227. The second-order valence-electron chi connectivity index (χ2n) is 7.09. The van der Waals surface area contributed by atoms with Crippen LogP contribution in [0.5, 0.6) is 0 Å². The summed E-state index contributed by atoms with van der Waals surface area (Å²) in [5, 5.41) is 9.33. The Balaban J connectivity index is 1.56. The van der Waals surface area contributed by atoms with E-state index in [1.54, 1.807) is 24.5 Å². The third kappa shape index (κ3) is 4.40. The number of halogens is 1. The van der Waals surface area contributed by atoms with Gasteiger partial charge in [0.1, 0.15) is 12.1 Å². The lowest BCUT2D eigenvalue weighted by atomic mass is 10.2. The summed E-state index contributed by atoms with van der Waals surface area (Å²) >= 11 is 1.52. The molecule has 4 aromatic rings. The van der Waals surface area contributed by atoms with Gasteiger partial charge in [0.05, 0.1) is 11.3 Å². The van der Waals surface area contributed by atoms with Crippen molar-refractivity contribution in [3.8, 4) is 22.8 Å². The topological polar surface area (TPSA) is 56.7 Å². The van der Waals surface area contributed by atoms with Crippen LogP contribution in [0.3, 0.4) is 0 Å². The summed E-state index contributed by atoms with van der Waals surface area (Å²) in [6, 6.07) is 16.4. The van der Waals surface area contributed by atoms with Crippen molar-refractivity contribution in [2.24, 2.45) is 5.92 Å². The van der Waals surface area contributed by atoms with Gasteiger partial charge in [0.2, 0.25) is 5.89 Å². The van der Waals surface area contributed by atoms with Crippen LogP contribution in [0.2, 0.25) is 0 Å². The Hall–Kier alpha value is -2.93. The number of rotatable bonds is 7. The molecule has 0 saturated carbocycles. The van der Waals surface area contributed by atoms with E-state index in [4.69, 9.17) is 4.42 Å². The fourth-order valence-electron chi connectivity index (χ4n) is 2.99. The molecule has 0 spiro atoms. The van der Waals surface area contributed by atoms with Gasteiger partial charge < -0.3 is 8.98 Å². The number of benzene rings is 2. The van der Waals surface area contributed by atoms with Crippen molar-refractivity contribution in [1.29, 1.82) is 0 Å². The molecule has 0 amide bonds. The van der Waals surface area contributed by atoms with Crippen LogP contribution in [0.25, 0.3) is 22.8 Å². The number of hydrogen-bond donors (Lipinski definition) is 0. The van der Waals surface area contributed by atoms with Gasteiger partial charge in [-0.15, -0.1) is 10.2 Å². The Kier molecular flexibility index (Phi) is 5.76. The molecule has 5 nitrogen and oxygen atoms in total. The smallest absolute Gasteiger partial charge is 0.226 e. The number of hydrogen-bond acceptors (Lipinski definition) is 5. The van der Waals surface area contributed by atoms with Gasteiger partial charge in [-0.2, -0.15) is 0 Å². The summed E-state index contributed by atoms with van der Waals surface area (Å²) in [7, 11) is 0. The van der Waals surface area contributed by atoms with E-state index < -0.39 is 0 Å². The van der Waals surface area contributed by atoms with Gasteiger partial charge in [0.25, 0.3) is 0 Å². The van der Waals surface area contributed by atoms with Gasteiger partial charge in [0.15, 0.2) is 11.0 Å². The van der Waals surface area contributed by atoms with E-state index in [2.05, 4.69) is 29.0 Å². The molecule has 0 radical (unpaired) electrons. The Morgan fingerprint density at radius 2 is 1.79 bits per heavy atom. The van der Waals surface area contributed by atoms with Crippen molar-refractivity contribution in [2.45, 2.75) is 31.3 Å². The maximum Gasteiger partial charge on any atom is 0.226 e. The Labute approximate surface area is 173 Å². The highest BCUT2D eigenvalue weighted by Crippen LogP contribution is 2.29. The van der Waals surface area contributed by atoms with Crippen LogP contribution in [-0.4, -0.2) is 19.7 Å². The molecule has 0 aliphatic rings. The van der Waals surface area contributed by atoms with Crippen LogP contribution in [0.1, 0.15) is 19.5 Å². The molecule has 7 heteroatoms. The van der Waals surface area contributed by atoms with Gasteiger partial charge >= 0.3 is 0 Å². The minimum Gasteiger partial charge on any atom is -0.444 e. The summed E-state index contributed by atoms with van der Waals surface area (Å²) in [5.41, 5.74) is 2.22. The van der Waals surface area contributed by atoms with Crippen molar-refractivity contribution in [3.05, 3.63) is 72.4 Å². The van der Waals surface area contributed by atoms with E-state index in [9.17, 15) is 4.39 Å². The molecule has 0 N–H and O–H groups in total. The third-order valence-corrected chi connectivity index (χ3v) is 5.30. The largest absolute Gasteiger partial charge is 0.444 e. The molecule has 0 unspecified atom stereocenters. The highest BCUT2D eigenvalue weighted by molar-refractivity contribution is 7.98. The minimum atomic E-state index is -0.300. The van der Waals surface area contributed by atoms with E-state index >= 15 is 0 Å². The summed E-state index contributed by atoms with van der Waals surface area (Å²) in [6.45, 7) is 4.93. The van der Waals surface area contributed by atoms with Crippen molar-refractivity contribution >= 4 is 11.8 Å². The Morgan fingerprint density at radius 3 is 2.55 bits per heavy atom. The Morgan fingerprint density at radius 1 is 1.03 bits per heavy atom. The molecule has 0 bridgehead atoms. The van der Waals surface area contributed by atoms with Gasteiger partial charge in [-0.3, -0.25) is 0 Å². The minimum absolute atomic E-state index is 0.300. The molecule has 0 atom stereocenters. The first-order valence-corrected chi connectivity index (χ1v) is 10.4. The summed E-state index contributed by atoms with van der Waals surface area (Å²) < 4.78 is 21.9. The predicted molar refractivity (Wildman–Crippen MR) is 112 cm³/mol. The fourth-order valence-corrected chi connectivity index (χ4v) is 3.82. The van der Waals surface area contributed by atoms with E-state index in [1.165, 1.54) is 17.8 Å². The Bertz CT molecular complexity index is 1090. The highest BCUT2D eigenvalue weighted by atomic mass is 32.2. The maximum atomic E-state index is 14.3. The summed E-state index contributed by atoms with van der Waals surface area (Å²) in [5.74, 6) is 1.79. The van der Waals surface area contributed by atoms with Crippen molar-refractivity contribution < 1.29 is 8.81 Å². The highest BCUT2D eigenvalue weighted by Gasteiger charge is 2.18. The van der Waals surface area contributed by atoms with E-state index in [0.29, 0.717) is 35.5 Å². The molecule has 0 fully saturated rings. The van der Waals surface area contributed by atoms with Crippen LogP contribution >= 0.6 is 11.8 Å². The first kappa shape index (κ1) is 19.4. The molecule has 0 aliphatic carbocycles. The standard InChI is InChI=1S/C22H21FN4OS/c1-15(2)12-27-20(18-10-6-7-11-19(18)23)25-26-22(27)29-14-17-13-28-21(24-17)16-8-4-3-5-9-16/h3-11,13,15H,12,14H2,1-2H3. The number of nitrogens with zero attached hydrogens (tertiary/aromatic N) is 4. The predicted octanol–water partition coefficient (Wildman–Crippen LogP) is 5.69. The number of aromatic nitrogens is 4. The van der Waals surface area contributed by atoms with Crippen LogP contribution in [0.15, 0.2) is 70.4 Å². The first-order chi connectivity index (χ1) is 14.1. The summed E-state index contributed by atoms with van der Waals surface area (Å²) in [4.78, 5) is 4.56. The van der Waals surface area contributed by atoms with Crippen molar-refractivity contribution in [1.82, 2.24) is 19.7 Å². The zero-order chi connectivity index (χ0) is 20.2. The quantitative estimate of drug-likeness (QED) is 0.368. The average molecular weight is 409 g/mol. The molecular formula is C22H21FN4OS. The maximum absolute atomic E-state index is 14.3. The average Bonchev–Trinajstić information content (AvgIpc) is 3.34. The lowest BCUT2D eigenvalue weighted by Gasteiger charge is -2.12. The molecule has 0 saturated heterocycles. The normalized spacial score (nSPS) is 11.3. The van der Waals surface area contributed by atoms with E-state index in [1.807, 2.05) is 34.9 Å². The monoisotopic (exact) mass is 408 g/mol. The van der Waals surface area contributed by atoms with Crippen LogP contribution < -0.4 is 0 Å². The van der Waals surface area contributed by atoms with Gasteiger partial charge in [-0.1, -0.05) is 55.9 Å². The van der Waals surface area contributed by atoms with Gasteiger partial charge in [-0.05, 0) is 30.2 Å². The van der Waals surface area contributed by atoms with E-state index in [0.717, 1.165) is 16.4 Å². The van der Waals surface area contributed by atoms with Crippen LogP contribution in [0, 0.1) is 11.7 Å². The number of oxazole rings is 1.